The molecule has 0 saturated carbocycles. The van der Waals surface area contributed by atoms with Gasteiger partial charge in [0.25, 0.3) is 11.8 Å². The maximum atomic E-state index is 16.7. The number of primary amides is 1. The van der Waals surface area contributed by atoms with Gasteiger partial charge in [0.05, 0.1) is 31.9 Å². The number of nitrogens with two attached hydrogens (primary N) is 2. The molecule has 4 aromatic heterocycles. The Balaban J connectivity index is 0.738. The molecular formula is C52H64F2N16O17P2S2. The summed E-state index contributed by atoms with van der Waals surface area (Å²) < 4.78 is 75.3. The van der Waals surface area contributed by atoms with Crippen LogP contribution in [0.3, 0.4) is 0 Å². The number of hydrogen-bond donors (Lipinski definition) is 8. The Hall–Kier alpha value is -7.54. The van der Waals surface area contributed by atoms with Crippen molar-refractivity contribution in [3.05, 3.63) is 67.3 Å². The zero-order chi connectivity index (χ0) is 65.5. The highest BCUT2D eigenvalue weighted by atomic mass is 32.5. The number of anilines is 3. The lowest BCUT2D eigenvalue weighted by Crippen LogP contribution is -2.46. The van der Waals surface area contributed by atoms with E-state index in [0.29, 0.717) is 11.3 Å². The van der Waals surface area contributed by atoms with Gasteiger partial charge in [-0.1, -0.05) is 26.0 Å². The molecule has 33 nitrogen and oxygen atoms in total. The predicted octanol–water partition coefficient (Wildman–Crippen LogP) is 2.38. The Morgan fingerprint density at radius 1 is 0.802 bits per heavy atom. The van der Waals surface area contributed by atoms with Crippen LogP contribution >= 0.6 is 13.4 Å². The lowest BCUT2D eigenvalue weighted by atomic mass is 9.89. The van der Waals surface area contributed by atoms with Crippen molar-refractivity contribution in [2.75, 3.05) is 56.3 Å². The first-order chi connectivity index (χ1) is 43.3. The van der Waals surface area contributed by atoms with Crippen LogP contribution in [0.1, 0.15) is 70.4 Å². The molecule has 4 aliphatic heterocycles. The number of amides is 8. The molecular weight excluding hydrogens is 1280 g/mol. The van der Waals surface area contributed by atoms with E-state index in [0.717, 1.165) is 36.0 Å². The lowest BCUT2D eigenvalue weighted by Gasteiger charge is -2.29. The number of benzene rings is 1. The van der Waals surface area contributed by atoms with Crippen LogP contribution in [0, 0.1) is 11.8 Å². The largest absolute Gasteiger partial charge is 0.445 e. The number of nitrogens with zero attached hydrogens (tertiary/aromatic N) is 10. The number of ketones is 1. The number of carbonyl (C=O) groups is 8. The normalized spacial score (nSPS) is 25.7. The van der Waals surface area contributed by atoms with Gasteiger partial charge < -0.3 is 70.7 Å². The minimum Gasteiger partial charge on any atom is -0.445 e. The fourth-order valence-electron chi connectivity index (χ4n) is 10.2. The number of carbonyl (C=O) groups excluding carboxylic acids is 8. The zero-order valence-corrected chi connectivity index (χ0v) is 52.1. The smallest absolute Gasteiger partial charge is 0.409 e. The molecule has 1 aromatic carbocycles. The van der Waals surface area contributed by atoms with E-state index in [-0.39, 0.29) is 105 Å². The van der Waals surface area contributed by atoms with Crippen LogP contribution in [0.15, 0.2) is 61.7 Å². The molecule has 8 heterocycles. The van der Waals surface area contributed by atoms with Crippen LogP contribution in [-0.2, 0) is 91.3 Å². The molecule has 10 N–H and O–H groups in total. The number of ether oxygens (including phenoxy) is 3. The first kappa shape index (κ1) is 67.8. The Morgan fingerprint density at radius 3 is 1.98 bits per heavy atom. The maximum Gasteiger partial charge on any atom is 0.409 e. The fraction of sp³-hybridized carbons (Fsp3) is 0.500. The lowest BCUT2D eigenvalue weighted by molar-refractivity contribution is -0.137. The summed E-state index contributed by atoms with van der Waals surface area (Å²) in [4.78, 5) is 151. The second-order valence-corrected chi connectivity index (χ2v) is 27.2. The van der Waals surface area contributed by atoms with Gasteiger partial charge in [-0.2, -0.15) is 0 Å². The molecule has 39 heteroatoms. The number of fused-ring (bicyclic) bond motifs is 4. The summed E-state index contributed by atoms with van der Waals surface area (Å²) in [5, 5.41) is 10.6. The van der Waals surface area contributed by atoms with Gasteiger partial charge in [0.15, 0.2) is 59.0 Å². The van der Waals surface area contributed by atoms with Crippen molar-refractivity contribution in [3.63, 3.8) is 0 Å². The number of urea groups is 1. The van der Waals surface area contributed by atoms with Gasteiger partial charge in [-0.15, -0.1) is 0 Å². The van der Waals surface area contributed by atoms with Gasteiger partial charge in [-0.25, -0.2) is 48.3 Å². The summed E-state index contributed by atoms with van der Waals surface area (Å²) in [6, 6.07) is 4.60. The van der Waals surface area contributed by atoms with E-state index in [1.807, 2.05) is 0 Å². The number of rotatable bonds is 23. The number of nitrogens with one attached hydrogen (secondary N) is 4. The fourth-order valence-corrected chi connectivity index (χ4v) is 13.1. The maximum absolute atomic E-state index is 16.7. The summed E-state index contributed by atoms with van der Waals surface area (Å²) in [5.74, 6) is -4.49. The molecule has 9 rings (SSSR count). The molecule has 91 heavy (non-hydrogen) atoms. The van der Waals surface area contributed by atoms with E-state index in [1.165, 1.54) is 27.4 Å². The second-order valence-electron chi connectivity index (χ2n) is 21.6. The molecule has 0 aliphatic carbocycles. The van der Waals surface area contributed by atoms with Gasteiger partial charge in [-0.05, 0) is 66.5 Å². The van der Waals surface area contributed by atoms with Crippen molar-refractivity contribution in [1.82, 2.24) is 59.5 Å². The SMILES string of the molecule is CC(C)[C@H](NC(=O)CCN1C(=O)C=CC1=O)C(=O)C[C@@H](CCCNC(N)=O)C(=O)Nc1ccc(COC(=O)N(C)CCCC(=O)Nc2ncnc3c2ncn3[C@@H]2O[C@@H]3COP(O)(=S)O[C@H]4[C@@H](F)[C@H](n5cnc6c(N)ncnc65)O[C@@H]4COP(O)(=S)O[C@H]3[C@H]2F)cc1. The highest BCUT2D eigenvalue weighted by molar-refractivity contribution is 8.07. The first-order valence-corrected chi connectivity index (χ1v) is 33.4. The molecule has 4 aliphatic rings. The van der Waals surface area contributed by atoms with Crippen LogP contribution in [0.4, 0.5) is 35.7 Å². The van der Waals surface area contributed by atoms with E-state index in [1.54, 1.807) is 38.1 Å². The van der Waals surface area contributed by atoms with E-state index < -0.39 is 135 Å². The van der Waals surface area contributed by atoms with E-state index in [4.69, 9.17) is 67.4 Å². The third-order valence-corrected chi connectivity index (χ3v) is 18.0. The predicted molar refractivity (Wildman–Crippen MR) is 320 cm³/mol. The molecule has 8 amide bonds. The monoisotopic (exact) mass is 1350 g/mol. The molecule has 5 aromatic rings. The number of imide groups is 1. The van der Waals surface area contributed by atoms with Crippen LogP contribution in [-0.4, -0.2) is 189 Å². The van der Waals surface area contributed by atoms with Gasteiger partial charge in [0.2, 0.25) is 17.7 Å². The zero-order valence-electron chi connectivity index (χ0n) is 48.7. The van der Waals surface area contributed by atoms with E-state index in [9.17, 15) is 48.1 Å². The van der Waals surface area contributed by atoms with Crippen LogP contribution in [0.25, 0.3) is 22.3 Å². The average molecular weight is 1350 g/mol. The van der Waals surface area contributed by atoms with Gasteiger partial charge in [0, 0.05) is 69.7 Å². The van der Waals surface area contributed by atoms with Crippen LogP contribution in [0.2, 0.25) is 0 Å². The molecule has 3 fully saturated rings. The number of alkyl halides is 2. The van der Waals surface area contributed by atoms with Crippen molar-refractivity contribution >= 4 is 124 Å². The Labute approximate surface area is 526 Å². The first-order valence-electron chi connectivity index (χ1n) is 28.2. The van der Waals surface area contributed by atoms with E-state index in [2.05, 4.69) is 51.2 Å². The van der Waals surface area contributed by atoms with Gasteiger partial charge in [0.1, 0.15) is 49.2 Å². The van der Waals surface area contributed by atoms with Crippen LogP contribution in [0.5, 0.6) is 0 Å². The molecule has 0 radical (unpaired) electrons. The molecule has 12 atom stereocenters. The summed E-state index contributed by atoms with van der Waals surface area (Å²) >= 11 is 10.5. The Kier molecular flexibility index (Phi) is 21.9. The molecule has 0 spiro atoms. The number of halogens is 2. The number of Topliss-reactive ketones (excluding diaryl/α,β-unsaturated/α-hetero) is 1. The van der Waals surface area contributed by atoms with Gasteiger partial charge >= 0.3 is 25.6 Å². The highest BCUT2D eigenvalue weighted by Gasteiger charge is 2.54. The van der Waals surface area contributed by atoms with Crippen LogP contribution < -0.4 is 32.7 Å². The number of hydrogen-bond acceptors (Lipinski definition) is 24. The van der Waals surface area contributed by atoms with Crippen molar-refractivity contribution < 1.29 is 89.2 Å². The third kappa shape index (κ3) is 16.8. The Bertz CT molecular complexity index is 3690. The second kappa shape index (κ2) is 29.4. The number of nitrogen functional groups attached to an aromatic ring is 1. The minimum atomic E-state index is -4.42. The highest BCUT2D eigenvalue weighted by Crippen LogP contribution is 2.55. The standard InChI is InChI=1S/C52H64F2N16O17P2S2/c1-26(2)39(65-34(73)14-17-68-35(74)12-13-36(68)75)30(71)18-28(6-4-15-57-51(56)77)48(76)64-29-10-8-27(9-11-29)19-81-52(78)67(3)16-5-7-33(72)66-45-41-47(61-23-59-45)70(25-63-41)50-38(54)43-32(85-50)21-83-88(79,90)86-42-31(20-82-89(80,91)87-43)84-49(37(42)53)69-24-62-40-44(55)58-22-60-46(40)69/h8-13,22-26,28,31-32,37-39,42-43,49-50H,4-7,14-21H2,1-3H3,(H,64,76)(H,65,73)(H,79,90)(H,80,91)(H2,55,58,60)(H3,56,57,77)(H,59,61,66,72)/t28-,31-,32-,37-,38-,39+,42-,43-,49-,50-,88?,89?/m1/s1. The van der Waals surface area contributed by atoms with Gasteiger partial charge in [-0.3, -0.25) is 51.8 Å². The Morgan fingerprint density at radius 2 is 1.38 bits per heavy atom. The number of aromatic nitrogens is 8. The average Bonchev–Trinajstić information content (AvgIpc) is 1.63. The van der Waals surface area contributed by atoms with Crippen molar-refractivity contribution in [2.24, 2.45) is 17.6 Å². The van der Waals surface area contributed by atoms with E-state index >= 15 is 8.78 Å². The molecule has 0 bridgehead atoms. The summed E-state index contributed by atoms with van der Waals surface area (Å²) in [6.45, 7) is -6.93. The summed E-state index contributed by atoms with van der Waals surface area (Å²) in [7, 11) is 1.47. The number of imidazole rings is 2. The third-order valence-electron chi connectivity index (χ3n) is 14.8. The molecule has 490 valence electrons. The molecule has 3 saturated heterocycles. The summed E-state index contributed by atoms with van der Waals surface area (Å²) in [6.07, 6.45) is -7.57. The van der Waals surface area contributed by atoms with Crippen molar-refractivity contribution in [1.29, 1.82) is 0 Å². The minimum absolute atomic E-state index is 0.0122. The summed E-state index contributed by atoms with van der Waals surface area (Å²) in [5.41, 5.74) is 12.3. The quantitative estimate of drug-likeness (QED) is 0.0264. The molecule has 2 unspecified atom stereocenters. The van der Waals surface area contributed by atoms with Crippen molar-refractivity contribution in [3.8, 4) is 0 Å². The van der Waals surface area contributed by atoms with Crippen molar-refractivity contribution in [2.45, 2.75) is 114 Å². The topological polar surface area (TPSA) is 435 Å².